The number of carbonyl (C=O) groups is 2. The van der Waals surface area contributed by atoms with Crippen LogP contribution in [0.5, 0.6) is 0 Å². The number of nitrogens with two attached hydrogens (primary N) is 1. The molecule has 4 N–H and O–H groups in total. The number of aromatic nitrogens is 2. The summed E-state index contributed by atoms with van der Waals surface area (Å²) in [6, 6.07) is 2.36. The van der Waals surface area contributed by atoms with Crippen molar-refractivity contribution in [1.29, 1.82) is 0 Å². The molecule has 0 saturated carbocycles. The second-order valence-corrected chi connectivity index (χ2v) is 3.64. The molecule has 0 radical (unpaired) electrons. The van der Waals surface area contributed by atoms with Gasteiger partial charge >= 0.3 is 0 Å². The van der Waals surface area contributed by atoms with Gasteiger partial charge in [0.25, 0.3) is 11.8 Å². The zero-order valence-corrected chi connectivity index (χ0v) is 9.41. The summed E-state index contributed by atoms with van der Waals surface area (Å²) >= 11 is 0. The number of aromatic amines is 1. The van der Waals surface area contributed by atoms with E-state index in [9.17, 15) is 18.4 Å². The molecule has 0 fully saturated rings. The van der Waals surface area contributed by atoms with Gasteiger partial charge in [0.1, 0.15) is 23.0 Å². The van der Waals surface area contributed by atoms with Crippen molar-refractivity contribution in [2.24, 2.45) is 5.73 Å². The summed E-state index contributed by atoms with van der Waals surface area (Å²) in [5, 5.41) is 8.13. The normalized spacial score (nSPS) is 10.2. The smallest absolute Gasteiger partial charge is 0.257 e. The second-order valence-electron chi connectivity index (χ2n) is 3.64. The van der Waals surface area contributed by atoms with E-state index in [1.54, 1.807) is 0 Å². The van der Waals surface area contributed by atoms with Gasteiger partial charge in [-0.2, -0.15) is 5.10 Å². The summed E-state index contributed by atoms with van der Waals surface area (Å²) in [6.07, 6.45) is 1.13. The molecule has 0 aliphatic carbocycles. The van der Waals surface area contributed by atoms with Crippen molar-refractivity contribution in [2.75, 3.05) is 5.32 Å². The lowest BCUT2D eigenvalue weighted by molar-refractivity contribution is 0.100. The molecule has 0 aliphatic rings. The second kappa shape index (κ2) is 4.84. The van der Waals surface area contributed by atoms with Crippen LogP contribution in [-0.2, 0) is 0 Å². The molecule has 0 saturated heterocycles. The summed E-state index contributed by atoms with van der Waals surface area (Å²) in [7, 11) is 0. The van der Waals surface area contributed by atoms with Gasteiger partial charge in [-0.3, -0.25) is 14.7 Å². The Morgan fingerprint density at radius 1 is 1.21 bits per heavy atom. The Hall–Kier alpha value is -2.77. The van der Waals surface area contributed by atoms with Crippen LogP contribution >= 0.6 is 0 Å². The topological polar surface area (TPSA) is 101 Å². The number of benzene rings is 1. The largest absolute Gasteiger partial charge is 0.365 e. The molecule has 0 spiro atoms. The van der Waals surface area contributed by atoms with Crippen LogP contribution in [0, 0.1) is 11.6 Å². The number of carbonyl (C=O) groups excluding carboxylic acids is 2. The number of halogens is 2. The van der Waals surface area contributed by atoms with Crippen molar-refractivity contribution >= 4 is 17.6 Å². The third-order valence-corrected chi connectivity index (χ3v) is 2.27. The van der Waals surface area contributed by atoms with Crippen molar-refractivity contribution in [2.45, 2.75) is 0 Å². The molecule has 2 aromatic rings. The number of nitrogens with zero attached hydrogens (tertiary/aromatic N) is 1. The average Bonchev–Trinajstić information content (AvgIpc) is 2.75. The maximum absolute atomic E-state index is 13.0. The molecular formula is C11H8F2N4O2. The molecule has 2 rings (SSSR count). The Balaban J connectivity index is 2.25. The van der Waals surface area contributed by atoms with Crippen LogP contribution in [0.2, 0.25) is 0 Å². The van der Waals surface area contributed by atoms with E-state index in [1.165, 1.54) is 0 Å². The standard InChI is InChI=1S/C11H8F2N4O2/c12-6-1-5(2-7(13)3-6)11(19)16-10-8(9(14)18)4-15-17-10/h1-4H,(H2,14,18)(H2,15,16,17,19). The summed E-state index contributed by atoms with van der Waals surface area (Å²) in [4.78, 5) is 22.7. The number of amides is 2. The molecular weight excluding hydrogens is 258 g/mol. The molecule has 0 atom stereocenters. The van der Waals surface area contributed by atoms with Crippen molar-refractivity contribution < 1.29 is 18.4 Å². The third kappa shape index (κ3) is 2.73. The van der Waals surface area contributed by atoms with Gasteiger partial charge < -0.3 is 11.1 Å². The highest BCUT2D eigenvalue weighted by molar-refractivity contribution is 6.07. The number of rotatable bonds is 3. The van der Waals surface area contributed by atoms with E-state index in [-0.39, 0.29) is 16.9 Å². The van der Waals surface area contributed by atoms with Crippen molar-refractivity contribution in [3.8, 4) is 0 Å². The zero-order valence-electron chi connectivity index (χ0n) is 9.41. The van der Waals surface area contributed by atoms with Crippen molar-refractivity contribution in [1.82, 2.24) is 10.2 Å². The van der Waals surface area contributed by atoms with Crippen molar-refractivity contribution in [3.05, 3.63) is 47.2 Å². The quantitative estimate of drug-likeness (QED) is 0.773. The van der Waals surface area contributed by atoms with Gasteiger partial charge in [0, 0.05) is 11.6 Å². The van der Waals surface area contributed by atoms with Crippen LogP contribution in [0.1, 0.15) is 20.7 Å². The van der Waals surface area contributed by atoms with E-state index in [0.29, 0.717) is 6.07 Å². The number of hydrogen-bond donors (Lipinski definition) is 3. The van der Waals surface area contributed by atoms with Crippen LogP contribution in [0.25, 0.3) is 0 Å². The predicted molar refractivity (Wildman–Crippen MR) is 61.4 cm³/mol. The van der Waals surface area contributed by atoms with Gasteiger partial charge in [0.2, 0.25) is 0 Å². The van der Waals surface area contributed by atoms with Gasteiger partial charge in [-0.15, -0.1) is 0 Å². The Morgan fingerprint density at radius 3 is 2.42 bits per heavy atom. The molecule has 0 bridgehead atoms. The SMILES string of the molecule is NC(=O)c1cn[nH]c1NC(=O)c1cc(F)cc(F)c1. The molecule has 6 nitrogen and oxygen atoms in total. The van der Waals surface area contributed by atoms with Gasteiger partial charge in [-0.25, -0.2) is 8.78 Å². The first-order valence-electron chi connectivity index (χ1n) is 5.08. The summed E-state index contributed by atoms with van der Waals surface area (Å²) < 4.78 is 25.9. The fourth-order valence-electron chi connectivity index (χ4n) is 1.44. The Kier molecular flexibility index (Phi) is 3.23. The molecule has 0 unspecified atom stereocenters. The lowest BCUT2D eigenvalue weighted by atomic mass is 10.2. The molecule has 98 valence electrons. The van der Waals surface area contributed by atoms with E-state index < -0.39 is 23.4 Å². The maximum atomic E-state index is 13.0. The minimum absolute atomic E-state index is 0.0368. The molecule has 0 aliphatic heterocycles. The van der Waals surface area contributed by atoms with Crippen LogP contribution in [0.3, 0.4) is 0 Å². The van der Waals surface area contributed by atoms with Gasteiger partial charge in [-0.05, 0) is 12.1 Å². The highest BCUT2D eigenvalue weighted by Gasteiger charge is 2.15. The minimum Gasteiger partial charge on any atom is -0.365 e. The predicted octanol–water partition coefficient (Wildman–Crippen LogP) is 1.04. The Labute approximate surface area is 105 Å². The summed E-state index contributed by atoms with van der Waals surface area (Å²) in [5.74, 6) is -3.41. The van der Waals surface area contributed by atoms with E-state index in [4.69, 9.17) is 5.73 Å². The van der Waals surface area contributed by atoms with E-state index in [2.05, 4.69) is 15.5 Å². The highest BCUT2D eigenvalue weighted by Crippen LogP contribution is 2.13. The van der Waals surface area contributed by atoms with Gasteiger partial charge in [0.15, 0.2) is 0 Å². The van der Waals surface area contributed by atoms with Crippen LogP contribution in [0.4, 0.5) is 14.6 Å². The zero-order chi connectivity index (χ0) is 14.0. The molecule has 1 heterocycles. The first-order chi connectivity index (χ1) is 8.97. The maximum Gasteiger partial charge on any atom is 0.257 e. The van der Waals surface area contributed by atoms with Crippen molar-refractivity contribution in [3.63, 3.8) is 0 Å². The summed E-state index contributed by atoms with van der Waals surface area (Å²) in [6.45, 7) is 0. The van der Waals surface area contributed by atoms with Gasteiger partial charge in [-0.1, -0.05) is 0 Å². The fourth-order valence-corrected chi connectivity index (χ4v) is 1.44. The minimum atomic E-state index is -0.884. The molecule has 2 amide bonds. The number of primary amides is 1. The first kappa shape index (κ1) is 12.7. The van der Waals surface area contributed by atoms with Crippen LogP contribution in [-0.4, -0.2) is 22.0 Å². The van der Waals surface area contributed by atoms with Crippen LogP contribution < -0.4 is 11.1 Å². The molecule has 19 heavy (non-hydrogen) atoms. The summed E-state index contributed by atoms with van der Waals surface area (Å²) in [5.41, 5.74) is 4.78. The molecule has 1 aromatic heterocycles. The van der Waals surface area contributed by atoms with Gasteiger partial charge in [0.05, 0.1) is 6.20 Å². The fraction of sp³-hybridized carbons (Fsp3) is 0. The van der Waals surface area contributed by atoms with E-state index in [1.807, 2.05) is 0 Å². The number of H-pyrrole nitrogens is 1. The lowest BCUT2D eigenvalue weighted by Crippen LogP contribution is -2.17. The van der Waals surface area contributed by atoms with E-state index >= 15 is 0 Å². The molecule has 8 heteroatoms. The average molecular weight is 266 g/mol. The van der Waals surface area contributed by atoms with Crippen LogP contribution in [0.15, 0.2) is 24.4 Å². The molecule has 1 aromatic carbocycles. The monoisotopic (exact) mass is 266 g/mol. The Bertz CT molecular complexity index is 634. The number of hydrogen-bond acceptors (Lipinski definition) is 3. The number of nitrogens with one attached hydrogen (secondary N) is 2. The number of anilines is 1. The van der Waals surface area contributed by atoms with E-state index in [0.717, 1.165) is 18.3 Å². The Morgan fingerprint density at radius 2 is 1.84 bits per heavy atom. The first-order valence-corrected chi connectivity index (χ1v) is 5.08. The lowest BCUT2D eigenvalue weighted by Gasteiger charge is -2.04. The third-order valence-electron chi connectivity index (χ3n) is 2.27. The highest BCUT2D eigenvalue weighted by atomic mass is 19.1.